The van der Waals surface area contributed by atoms with Crippen LogP contribution >= 0.6 is 0 Å². The van der Waals surface area contributed by atoms with Crippen LogP contribution in [0.1, 0.15) is 11.3 Å². The van der Waals surface area contributed by atoms with Crippen LogP contribution in [0.15, 0.2) is 74.6 Å². The molecule has 3 aromatic heterocycles. The predicted octanol–water partition coefficient (Wildman–Crippen LogP) is 3.71. The zero-order valence-corrected chi connectivity index (χ0v) is 14.3. The first kappa shape index (κ1) is 16.1. The molecule has 0 amide bonds. The van der Waals surface area contributed by atoms with Crippen LogP contribution < -0.4 is 5.56 Å². The molecule has 3 heterocycles. The van der Waals surface area contributed by atoms with Gasteiger partial charge in [0.25, 0.3) is 5.56 Å². The monoisotopic (exact) mass is 347 g/mol. The summed E-state index contributed by atoms with van der Waals surface area (Å²) in [5, 5.41) is 8.44. The first-order chi connectivity index (χ1) is 12.7. The van der Waals surface area contributed by atoms with Gasteiger partial charge < -0.3 is 8.94 Å². The average Bonchev–Trinajstić information content (AvgIpc) is 3.33. The molecule has 130 valence electrons. The number of aromatic nitrogens is 3. The highest BCUT2D eigenvalue weighted by Crippen LogP contribution is 2.29. The number of aryl methyl sites for hydroxylation is 3. The van der Waals surface area contributed by atoms with E-state index in [4.69, 9.17) is 8.94 Å². The Labute approximate surface area is 149 Å². The third kappa shape index (κ3) is 3.21. The van der Waals surface area contributed by atoms with E-state index in [1.54, 1.807) is 24.5 Å². The van der Waals surface area contributed by atoms with Crippen molar-refractivity contribution in [2.45, 2.75) is 19.9 Å². The Morgan fingerprint density at radius 3 is 2.58 bits per heavy atom. The average molecular weight is 347 g/mol. The van der Waals surface area contributed by atoms with Crippen molar-refractivity contribution in [2.24, 2.45) is 0 Å². The number of hydrogen-bond acceptors (Lipinski definition) is 5. The topological polar surface area (TPSA) is 74.1 Å². The van der Waals surface area contributed by atoms with E-state index < -0.39 is 0 Å². The Hall–Kier alpha value is -3.41. The van der Waals surface area contributed by atoms with Crippen molar-refractivity contribution in [3.05, 3.63) is 82.5 Å². The maximum Gasteiger partial charge on any atom is 0.267 e. The van der Waals surface area contributed by atoms with Gasteiger partial charge in [0.15, 0.2) is 11.5 Å². The lowest BCUT2D eigenvalue weighted by atomic mass is 10.1. The SMILES string of the molecule is Cc1cc(-c2cc(=O)n(CCc3ccccc3)nc2-c2ccco2)on1. The van der Waals surface area contributed by atoms with E-state index in [-0.39, 0.29) is 5.56 Å². The van der Waals surface area contributed by atoms with Crippen molar-refractivity contribution in [1.29, 1.82) is 0 Å². The minimum atomic E-state index is -0.194. The van der Waals surface area contributed by atoms with E-state index in [1.165, 1.54) is 10.7 Å². The van der Waals surface area contributed by atoms with Crippen LogP contribution in [-0.2, 0) is 13.0 Å². The highest BCUT2D eigenvalue weighted by Gasteiger charge is 2.18. The van der Waals surface area contributed by atoms with Gasteiger partial charge in [0.05, 0.1) is 17.5 Å². The minimum Gasteiger partial charge on any atom is -0.463 e. The van der Waals surface area contributed by atoms with Crippen LogP contribution in [0.2, 0.25) is 0 Å². The van der Waals surface area contributed by atoms with Crippen LogP contribution in [-0.4, -0.2) is 14.9 Å². The van der Waals surface area contributed by atoms with Gasteiger partial charge in [-0.1, -0.05) is 35.5 Å². The molecule has 0 aliphatic heterocycles. The van der Waals surface area contributed by atoms with E-state index in [1.807, 2.05) is 37.3 Å². The molecule has 4 rings (SSSR count). The highest BCUT2D eigenvalue weighted by atomic mass is 16.5. The lowest BCUT2D eigenvalue weighted by Gasteiger charge is -2.09. The van der Waals surface area contributed by atoms with Gasteiger partial charge in [0.1, 0.15) is 5.69 Å². The molecule has 0 radical (unpaired) electrons. The van der Waals surface area contributed by atoms with E-state index >= 15 is 0 Å². The molecule has 0 fully saturated rings. The van der Waals surface area contributed by atoms with Crippen LogP contribution in [0.4, 0.5) is 0 Å². The van der Waals surface area contributed by atoms with Crippen molar-refractivity contribution >= 4 is 0 Å². The van der Waals surface area contributed by atoms with E-state index in [2.05, 4.69) is 10.3 Å². The molecule has 0 spiro atoms. The maximum absolute atomic E-state index is 12.6. The smallest absolute Gasteiger partial charge is 0.267 e. The van der Waals surface area contributed by atoms with Crippen molar-refractivity contribution < 1.29 is 8.94 Å². The molecule has 0 saturated heterocycles. The van der Waals surface area contributed by atoms with E-state index in [0.29, 0.717) is 35.7 Å². The largest absolute Gasteiger partial charge is 0.463 e. The molecule has 0 atom stereocenters. The predicted molar refractivity (Wildman–Crippen MR) is 96.6 cm³/mol. The van der Waals surface area contributed by atoms with Gasteiger partial charge in [-0.25, -0.2) is 4.68 Å². The first-order valence-electron chi connectivity index (χ1n) is 8.34. The molecule has 0 saturated carbocycles. The van der Waals surface area contributed by atoms with Crippen molar-refractivity contribution in [3.8, 4) is 22.8 Å². The van der Waals surface area contributed by atoms with Gasteiger partial charge in [-0.15, -0.1) is 0 Å². The lowest BCUT2D eigenvalue weighted by Crippen LogP contribution is -2.24. The summed E-state index contributed by atoms with van der Waals surface area (Å²) < 4.78 is 12.3. The van der Waals surface area contributed by atoms with Crippen LogP contribution in [0.5, 0.6) is 0 Å². The Morgan fingerprint density at radius 2 is 1.88 bits per heavy atom. The summed E-state index contributed by atoms with van der Waals surface area (Å²) in [7, 11) is 0. The molecular weight excluding hydrogens is 330 g/mol. The number of furan rings is 1. The summed E-state index contributed by atoms with van der Waals surface area (Å²) in [5.41, 5.74) is 2.81. The highest BCUT2D eigenvalue weighted by molar-refractivity contribution is 5.74. The third-order valence-electron chi connectivity index (χ3n) is 4.10. The van der Waals surface area contributed by atoms with Gasteiger partial charge in [-0.3, -0.25) is 4.79 Å². The Kier molecular flexibility index (Phi) is 4.23. The zero-order chi connectivity index (χ0) is 17.9. The maximum atomic E-state index is 12.6. The number of hydrogen-bond donors (Lipinski definition) is 0. The lowest BCUT2D eigenvalue weighted by molar-refractivity contribution is 0.426. The summed E-state index contributed by atoms with van der Waals surface area (Å²) in [6.07, 6.45) is 2.29. The quantitative estimate of drug-likeness (QED) is 0.550. The molecule has 26 heavy (non-hydrogen) atoms. The van der Waals surface area contributed by atoms with Crippen LogP contribution in [0.3, 0.4) is 0 Å². The fraction of sp³-hybridized carbons (Fsp3) is 0.150. The Balaban J connectivity index is 1.75. The van der Waals surface area contributed by atoms with Crippen molar-refractivity contribution in [3.63, 3.8) is 0 Å². The second-order valence-corrected chi connectivity index (χ2v) is 6.01. The summed E-state index contributed by atoms with van der Waals surface area (Å²) in [5.74, 6) is 1.07. The van der Waals surface area contributed by atoms with Gasteiger partial charge in [0, 0.05) is 18.7 Å². The summed E-state index contributed by atoms with van der Waals surface area (Å²) in [4.78, 5) is 12.6. The summed E-state index contributed by atoms with van der Waals surface area (Å²) >= 11 is 0. The number of benzene rings is 1. The number of rotatable bonds is 5. The molecule has 4 aromatic rings. The van der Waals surface area contributed by atoms with Crippen LogP contribution in [0, 0.1) is 6.92 Å². The molecule has 0 N–H and O–H groups in total. The van der Waals surface area contributed by atoms with Crippen molar-refractivity contribution in [1.82, 2.24) is 14.9 Å². The molecule has 0 aliphatic carbocycles. The molecule has 6 heteroatoms. The number of nitrogens with zero attached hydrogens (tertiary/aromatic N) is 3. The standard InChI is InChI=1S/C20H17N3O3/c1-14-12-18(26-22-14)16-13-19(24)23(10-9-15-6-3-2-4-7-15)21-20(16)17-8-5-11-25-17/h2-8,11-13H,9-10H2,1H3. The molecular formula is C20H17N3O3. The van der Waals surface area contributed by atoms with Crippen LogP contribution in [0.25, 0.3) is 22.8 Å². The Morgan fingerprint density at radius 1 is 1.04 bits per heavy atom. The van der Waals surface area contributed by atoms with E-state index in [9.17, 15) is 4.79 Å². The second kappa shape index (κ2) is 6.84. The molecule has 0 bridgehead atoms. The minimum absolute atomic E-state index is 0.194. The second-order valence-electron chi connectivity index (χ2n) is 6.01. The fourth-order valence-electron chi connectivity index (χ4n) is 2.80. The first-order valence-corrected chi connectivity index (χ1v) is 8.34. The van der Waals surface area contributed by atoms with Gasteiger partial charge in [-0.2, -0.15) is 5.10 Å². The fourth-order valence-corrected chi connectivity index (χ4v) is 2.80. The van der Waals surface area contributed by atoms with Gasteiger partial charge in [0.2, 0.25) is 0 Å². The summed E-state index contributed by atoms with van der Waals surface area (Å²) in [6, 6.07) is 16.9. The van der Waals surface area contributed by atoms with E-state index in [0.717, 1.165) is 11.3 Å². The zero-order valence-electron chi connectivity index (χ0n) is 14.3. The van der Waals surface area contributed by atoms with Gasteiger partial charge >= 0.3 is 0 Å². The summed E-state index contributed by atoms with van der Waals surface area (Å²) in [6.45, 7) is 2.31. The Bertz CT molecular complexity index is 1060. The molecule has 1 aromatic carbocycles. The molecule has 0 aliphatic rings. The molecule has 6 nitrogen and oxygen atoms in total. The van der Waals surface area contributed by atoms with Crippen molar-refractivity contribution in [2.75, 3.05) is 0 Å². The van der Waals surface area contributed by atoms with Gasteiger partial charge in [-0.05, 0) is 31.0 Å². The molecule has 0 unspecified atom stereocenters. The normalized spacial score (nSPS) is 11.0. The third-order valence-corrected chi connectivity index (χ3v) is 4.10.